The van der Waals surface area contributed by atoms with Crippen molar-refractivity contribution in [1.29, 1.82) is 5.26 Å². The Kier molecular flexibility index (Phi) is 4.51. The molecule has 0 heterocycles. The van der Waals surface area contributed by atoms with Crippen LogP contribution in [-0.4, -0.2) is 25.7 Å². The van der Waals surface area contributed by atoms with Crippen LogP contribution in [0.3, 0.4) is 0 Å². The van der Waals surface area contributed by atoms with Gasteiger partial charge in [-0.1, -0.05) is 0 Å². The van der Waals surface area contributed by atoms with Gasteiger partial charge in [-0.2, -0.15) is 5.26 Å². The summed E-state index contributed by atoms with van der Waals surface area (Å²) in [5.41, 5.74) is 1.04. The number of ether oxygens (including phenoxy) is 1. The van der Waals surface area contributed by atoms with Crippen LogP contribution < -0.4 is 10.6 Å². The molecule has 0 radical (unpaired) electrons. The Balaban J connectivity index is 2.45. The fraction of sp³-hybridized carbons (Fsp3) is 0.182. The summed E-state index contributed by atoms with van der Waals surface area (Å²) < 4.78 is 4.36. The van der Waals surface area contributed by atoms with E-state index in [1.807, 2.05) is 6.07 Å². The van der Waals surface area contributed by atoms with Gasteiger partial charge in [0, 0.05) is 5.69 Å². The molecule has 1 aromatic rings. The van der Waals surface area contributed by atoms with Gasteiger partial charge < -0.3 is 15.4 Å². The topological polar surface area (TPSA) is 91.2 Å². The number of urea groups is 1. The number of esters is 1. The average Bonchev–Trinajstić information content (AvgIpc) is 2.36. The summed E-state index contributed by atoms with van der Waals surface area (Å²) in [6, 6.07) is 7.80. The number of rotatable bonds is 3. The molecule has 88 valence electrons. The number of amides is 2. The number of nitrogens with one attached hydrogen (secondary N) is 2. The molecule has 1 aromatic carbocycles. The summed E-state index contributed by atoms with van der Waals surface area (Å²) in [5, 5.41) is 13.4. The van der Waals surface area contributed by atoms with Crippen molar-refractivity contribution < 1.29 is 14.3 Å². The van der Waals surface area contributed by atoms with Crippen molar-refractivity contribution in [2.45, 2.75) is 0 Å². The van der Waals surface area contributed by atoms with Crippen molar-refractivity contribution in [2.75, 3.05) is 19.0 Å². The lowest BCUT2D eigenvalue weighted by Gasteiger charge is -2.06. The number of methoxy groups -OCH3 is 1. The molecule has 0 aromatic heterocycles. The Morgan fingerprint density at radius 2 is 2.00 bits per heavy atom. The van der Waals surface area contributed by atoms with E-state index in [1.165, 1.54) is 7.11 Å². The number of anilines is 1. The molecule has 17 heavy (non-hydrogen) atoms. The lowest BCUT2D eigenvalue weighted by atomic mass is 10.2. The highest BCUT2D eigenvalue weighted by Crippen LogP contribution is 2.08. The highest BCUT2D eigenvalue weighted by atomic mass is 16.5. The summed E-state index contributed by atoms with van der Waals surface area (Å²) >= 11 is 0. The van der Waals surface area contributed by atoms with Gasteiger partial charge >= 0.3 is 12.0 Å². The predicted octanol–water partition coefficient (Wildman–Crippen LogP) is 0.853. The zero-order chi connectivity index (χ0) is 12.7. The minimum Gasteiger partial charge on any atom is -0.468 e. The molecule has 0 aliphatic carbocycles. The van der Waals surface area contributed by atoms with E-state index < -0.39 is 12.0 Å². The molecule has 6 heteroatoms. The summed E-state index contributed by atoms with van der Waals surface area (Å²) in [4.78, 5) is 22.0. The zero-order valence-corrected chi connectivity index (χ0v) is 9.19. The van der Waals surface area contributed by atoms with E-state index in [-0.39, 0.29) is 6.54 Å². The molecule has 0 aliphatic heterocycles. The van der Waals surface area contributed by atoms with Crippen LogP contribution in [0, 0.1) is 11.3 Å². The number of carbonyl (C=O) groups excluding carboxylic acids is 2. The fourth-order valence-electron chi connectivity index (χ4n) is 1.03. The first-order chi connectivity index (χ1) is 8.15. The maximum absolute atomic E-state index is 11.3. The molecular weight excluding hydrogens is 222 g/mol. The van der Waals surface area contributed by atoms with Gasteiger partial charge in [0.2, 0.25) is 0 Å². The largest absolute Gasteiger partial charge is 0.468 e. The van der Waals surface area contributed by atoms with Crippen LogP contribution in [0.4, 0.5) is 10.5 Å². The lowest BCUT2D eigenvalue weighted by molar-refractivity contribution is -0.139. The first-order valence-electron chi connectivity index (χ1n) is 4.77. The fourth-order valence-corrected chi connectivity index (χ4v) is 1.03. The number of hydrogen-bond donors (Lipinski definition) is 2. The molecular formula is C11H11N3O3. The zero-order valence-electron chi connectivity index (χ0n) is 9.19. The van der Waals surface area contributed by atoms with Crippen LogP contribution in [-0.2, 0) is 9.53 Å². The number of nitrogens with zero attached hydrogens (tertiary/aromatic N) is 1. The Hall–Kier alpha value is -2.55. The molecule has 0 fully saturated rings. The summed E-state index contributed by atoms with van der Waals surface area (Å²) in [5.74, 6) is -0.528. The van der Waals surface area contributed by atoms with Crippen LogP contribution in [0.5, 0.6) is 0 Å². The van der Waals surface area contributed by atoms with Crippen molar-refractivity contribution in [1.82, 2.24) is 5.32 Å². The highest BCUT2D eigenvalue weighted by Gasteiger charge is 2.04. The molecule has 0 spiro atoms. The van der Waals surface area contributed by atoms with Gasteiger partial charge in [0.1, 0.15) is 6.54 Å². The number of nitriles is 1. The lowest BCUT2D eigenvalue weighted by Crippen LogP contribution is -2.33. The van der Waals surface area contributed by atoms with Crippen molar-refractivity contribution >= 4 is 17.7 Å². The molecule has 1 rings (SSSR count). The van der Waals surface area contributed by atoms with E-state index in [2.05, 4.69) is 15.4 Å². The predicted molar refractivity (Wildman–Crippen MR) is 60.2 cm³/mol. The van der Waals surface area contributed by atoms with Crippen molar-refractivity contribution in [2.24, 2.45) is 0 Å². The number of hydrogen-bond acceptors (Lipinski definition) is 4. The molecule has 2 amide bonds. The van der Waals surface area contributed by atoms with Gasteiger partial charge in [-0.05, 0) is 24.3 Å². The standard InChI is InChI=1S/C11H11N3O3/c1-17-10(15)7-13-11(16)14-9-4-2-8(6-12)3-5-9/h2-5H,7H2,1H3,(H2,13,14,16). The second kappa shape index (κ2) is 6.12. The van der Waals surface area contributed by atoms with Gasteiger partial charge in [0.25, 0.3) is 0 Å². The summed E-state index contributed by atoms with van der Waals surface area (Å²) in [6.45, 7) is -0.196. The second-order valence-corrected chi connectivity index (χ2v) is 3.07. The number of benzene rings is 1. The normalized spacial score (nSPS) is 8.94. The maximum atomic E-state index is 11.3. The third-order valence-electron chi connectivity index (χ3n) is 1.89. The average molecular weight is 233 g/mol. The summed E-state index contributed by atoms with van der Waals surface area (Å²) in [7, 11) is 1.24. The van der Waals surface area contributed by atoms with E-state index in [0.29, 0.717) is 11.3 Å². The van der Waals surface area contributed by atoms with Crippen LogP contribution in [0.15, 0.2) is 24.3 Å². The molecule has 0 aliphatic rings. The monoisotopic (exact) mass is 233 g/mol. The van der Waals surface area contributed by atoms with Crippen LogP contribution in [0.1, 0.15) is 5.56 Å². The third-order valence-corrected chi connectivity index (χ3v) is 1.89. The summed E-state index contributed by atoms with van der Waals surface area (Å²) in [6.07, 6.45) is 0. The molecule has 0 saturated carbocycles. The molecule has 2 N–H and O–H groups in total. The Morgan fingerprint density at radius 3 is 2.53 bits per heavy atom. The first-order valence-corrected chi connectivity index (χ1v) is 4.77. The van der Waals surface area contributed by atoms with Gasteiger partial charge in [-0.3, -0.25) is 4.79 Å². The molecule has 0 bridgehead atoms. The quantitative estimate of drug-likeness (QED) is 0.757. The highest BCUT2D eigenvalue weighted by molar-refractivity contribution is 5.91. The van der Waals surface area contributed by atoms with Crippen molar-refractivity contribution in [3.05, 3.63) is 29.8 Å². The smallest absolute Gasteiger partial charge is 0.325 e. The van der Waals surface area contributed by atoms with E-state index >= 15 is 0 Å². The van der Waals surface area contributed by atoms with E-state index in [9.17, 15) is 9.59 Å². The van der Waals surface area contributed by atoms with Gasteiger partial charge in [0.15, 0.2) is 0 Å². The van der Waals surface area contributed by atoms with Gasteiger partial charge in [-0.15, -0.1) is 0 Å². The van der Waals surface area contributed by atoms with Gasteiger partial charge in [0.05, 0.1) is 18.7 Å². The van der Waals surface area contributed by atoms with E-state index in [4.69, 9.17) is 5.26 Å². The molecule has 0 unspecified atom stereocenters. The van der Waals surface area contributed by atoms with E-state index in [1.54, 1.807) is 24.3 Å². The third kappa shape index (κ3) is 4.22. The molecule has 0 saturated heterocycles. The second-order valence-electron chi connectivity index (χ2n) is 3.07. The van der Waals surface area contributed by atoms with Crippen LogP contribution >= 0.6 is 0 Å². The van der Waals surface area contributed by atoms with Crippen LogP contribution in [0.25, 0.3) is 0 Å². The van der Waals surface area contributed by atoms with Crippen molar-refractivity contribution in [3.63, 3.8) is 0 Å². The molecule has 6 nitrogen and oxygen atoms in total. The minimum absolute atomic E-state index is 0.196. The Morgan fingerprint density at radius 1 is 1.35 bits per heavy atom. The van der Waals surface area contributed by atoms with Gasteiger partial charge in [-0.25, -0.2) is 4.79 Å². The SMILES string of the molecule is COC(=O)CNC(=O)Nc1ccc(C#N)cc1. The van der Waals surface area contributed by atoms with Crippen LogP contribution in [0.2, 0.25) is 0 Å². The van der Waals surface area contributed by atoms with Crippen molar-refractivity contribution in [3.8, 4) is 6.07 Å². The Bertz CT molecular complexity index is 448. The Labute approximate surface area is 98.2 Å². The maximum Gasteiger partial charge on any atom is 0.325 e. The minimum atomic E-state index is -0.528. The number of carbonyl (C=O) groups is 2. The molecule has 0 atom stereocenters. The van der Waals surface area contributed by atoms with E-state index in [0.717, 1.165) is 0 Å². The first kappa shape index (κ1) is 12.5.